The van der Waals surface area contributed by atoms with Gasteiger partial charge in [0.25, 0.3) is 0 Å². The highest BCUT2D eigenvalue weighted by Gasteiger charge is 2.38. The normalized spacial score (nSPS) is 12.2. The van der Waals surface area contributed by atoms with Crippen molar-refractivity contribution in [2.45, 2.75) is 147 Å². The van der Waals surface area contributed by atoms with Crippen LogP contribution in [0.1, 0.15) is 141 Å². The van der Waals surface area contributed by atoms with Crippen molar-refractivity contribution in [1.29, 1.82) is 0 Å². The standard InChI is InChI=1S/C26H53F3N2/c27-26(28,29)25(21-17-13-9-5-1-3-7-11-15-19-23-30)22-18-14-10-6-2-4-8-12-16-20-24-31/h25H,1-24,30-31H2. The second-order valence-corrected chi connectivity index (χ2v) is 9.46. The van der Waals surface area contributed by atoms with E-state index in [4.69, 9.17) is 11.5 Å². The van der Waals surface area contributed by atoms with E-state index in [1.807, 2.05) is 0 Å². The van der Waals surface area contributed by atoms with Crippen LogP contribution in [-0.2, 0) is 0 Å². The zero-order valence-electron chi connectivity index (χ0n) is 20.3. The maximum atomic E-state index is 13.3. The molecule has 188 valence electrons. The van der Waals surface area contributed by atoms with Crippen molar-refractivity contribution in [3.63, 3.8) is 0 Å². The van der Waals surface area contributed by atoms with Crippen molar-refractivity contribution in [3.8, 4) is 0 Å². The highest BCUT2D eigenvalue weighted by molar-refractivity contribution is 4.68. The number of hydrogen-bond acceptors (Lipinski definition) is 2. The average Bonchev–Trinajstić information content (AvgIpc) is 2.73. The molecule has 0 heterocycles. The van der Waals surface area contributed by atoms with Gasteiger partial charge in [-0.05, 0) is 38.8 Å². The maximum absolute atomic E-state index is 13.3. The second-order valence-electron chi connectivity index (χ2n) is 9.46. The van der Waals surface area contributed by atoms with Crippen LogP contribution >= 0.6 is 0 Å². The molecule has 0 fully saturated rings. The lowest BCUT2D eigenvalue weighted by Gasteiger charge is -2.20. The molecule has 0 aromatic rings. The van der Waals surface area contributed by atoms with Gasteiger partial charge in [-0.1, -0.05) is 116 Å². The molecule has 0 rings (SSSR count). The molecule has 0 saturated carbocycles. The third kappa shape index (κ3) is 22.7. The average molecular weight is 451 g/mol. The minimum Gasteiger partial charge on any atom is -0.330 e. The van der Waals surface area contributed by atoms with Gasteiger partial charge in [0.1, 0.15) is 0 Å². The van der Waals surface area contributed by atoms with Gasteiger partial charge in [0, 0.05) is 0 Å². The van der Waals surface area contributed by atoms with Gasteiger partial charge in [0.2, 0.25) is 0 Å². The Morgan fingerprint density at radius 2 is 0.613 bits per heavy atom. The zero-order chi connectivity index (χ0) is 23.0. The van der Waals surface area contributed by atoms with Gasteiger partial charge in [0.15, 0.2) is 0 Å². The van der Waals surface area contributed by atoms with Gasteiger partial charge in [-0.3, -0.25) is 0 Å². The summed E-state index contributed by atoms with van der Waals surface area (Å²) in [5.74, 6) is -1.09. The van der Waals surface area contributed by atoms with Crippen LogP contribution in [0.25, 0.3) is 0 Å². The maximum Gasteiger partial charge on any atom is 0.391 e. The number of hydrogen-bond donors (Lipinski definition) is 2. The summed E-state index contributed by atoms with van der Waals surface area (Å²) in [7, 11) is 0. The Bertz CT molecular complexity index is 322. The smallest absolute Gasteiger partial charge is 0.330 e. The van der Waals surface area contributed by atoms with Crippen molar-refractivity contribution in [3.05, 3.63) is 0 Å². The van der Waals surface area contributed by atoms with E-state index in [1.54, 1.807) is 0 Å². The molecule has 0 atom stereocenters. The first kappa shape index (κ1) is 30.7. The third-order valence-corrected chi connectivity index (χ3v) is 6.48. The summed E-state index contributed by atoms with van der Waals surface area (Å²) < 4.78 is 39.9. The molecule has 0 aliphatic carbocycles. The Hall–Kier alpha value is -0.290. The fraction of sp³-hybridized carbons (Fsp3) is 1.00. The molecule has 0 aromatic carbocycles. The molecule has 2 nitrogen and oxygen atoms in total. The number of nitrogens with two attached hydrogens (primary N) is 2. The van der Waals surface area contributed by atoms with E-state index in [1.165, 1.54) is 77.0 Å². The zero-order valence-corrected chi connectivity index (χ0v) is 20.3. The van der Waals surface area contributed by atoms with Crippen LogP contribution in [0.4, 0.5) is 13.2 Å². The molecule has 0 spiro atoms. The minimum atomic E-state index is -4.02. The predicted octanol–water partition coefficient (Wildman–Crippen LogP) is 8.66. The SMILES string of the molecule is NCCCCCCCCCCCCC(CCCCCCCCCCCCN)C(F)(F)F. The molecule has 0 aromatic heterocycles. The van der Waals surface area contributed by atoms with Crippen LogP contribution in [0, 0.1) is 5.92 Å². The van der Waals surface area contributed by atoms with Crippen LogP contribution in [0.5, 0.6) is 0 Å². The number of halogens is 3. The van der Waals surface area contributed by atoms with E-state index in [2.05, 4.69) is 0 Å². The molecule has 0 aliphatic rings. The van der Waals surface area contributed by atoms with Crippen molar-refractivity contribution in [1.82, 2.24) is 0 Å². The number of unbranched alkanes of at least 4 members (excludes halogenated alkanes) is 18. The van der Waals surface area contributed by atoms with Crippen molar-refractivity contribution in [2.24, 2.45) is 17.4 Å². The van der Waals surface area contributed by atoms with Gasteiger partial charge < -0.3 is 11.5 Å². The van der Waals surface area contributed by atoms with Gasteiger partial charge in [-0.15, -0.1) is 0 Å². The predicted molar refractivity (Wildman–Crippen MR) is 129 cm³/mol. The fourth-order valence-corrected chi connectivity index (χ4v) is 4.37. The summed E-state index contributed by atoms with van der Waals surface area (Å²) in [5, 5.41) is 0. The Morgan fingerprint density at radius 3 is 0.839 bits per heavy atom. The second kappa shape index (κ2) is 22.9. The number of rotatable bonds is 24. The topological polar surface area (TPSA) is 52.0 Å². The lowest BCUT2D eigenvalue weighted by atomic mass is 9.93. The van der Waals surface area contributed by atoms with Crippen LogP contribution in [0.2, 0.25) is 0 Å². The molecule has 0 saturated heterocycles. The van der Waals surface area contributed by atoms with Crippen molar-refractivity contribution < 1.29 is 13.2 Å². The van der Waals surface area contributed by atoms with Gasteiger partial charge in [-0.25, -0.2) is 0 Å². The summed E-state index contributed by atoms with van der Waals surface area (Å²) in [6, 6.07) is 0. The van der Waals surface area contributed by atoms with Crippen molar-refractivity contribution in [2.75, 3.05) is 13.1 Å². The molecule has 5 heteroatoms. The molecule has 0 unspecified atom stereocenters. The minimum absolute atomic E-state index is 0.325. The third-order valence-electron chi connectivity index (χ3n) is 6.48. The Labute approximate surface area is 191 Å². The first-order valence-corrected chi connectivity index (χ1v) is 13.5. The molecular weight excluding hydrogens is 397 g/mol. The van der Waals surface area contributed by atoms with Crippen LogP contribution in [-0.4, -0.2) is 19.3 Å². The Balaban J connectivity index is 3.58. The van der Waals surface area contributed by atoms with Gasteiger partial charge >= 0.3 is 6.18 Å². The largest absolute Gasteiger partial charge is 0.391 e. The van der Waals surface area contributed by atoms with E-state index >= 15 is 0 Å². The molecule has 0 radical (unpaired) electrons. The van der Waals surface area contributed by atoms with E-state index in [0.29, 0.717) is 12.8 Å². The van der Waals surface area contributed by atoms with Crippen LogP contribution in [0.15, 0.2) is 0 Å². The van der Waals surface area contributed by atoms with E-state index in [-0.39, 0.29) is 0 Å². The number of alkyl halides is 3. The van der Waals surface area contributed by atoms with Crippen LogP contribution < -0.4 is 11.5 Å². The van der Waals surface area contributed by atoms with Gasteiger partial charge in [-0.2, -0.15) is 13.2 Å². The summed E-state index contributed by atoms with van der Waals surface area (Å²) in [4.78, 5) is 0. The molecule has 0 bridgehead atoms. The van der Waals surface area contributed by atoms with Crippen LogP contribution in [0.3, 0.4) is 0 Å². The van der Waals surface area contributed by atoms with E-state index < -0.39 is 12.1 Å². The first-order valence-electron chi connectivity index (χ1n) is 13.5. The lowest BCUT2D eigenvalue weighted by Crippen LogP contribution is -2.22. The molecule has 0 aliphatic heterocycles. The quantitative estimate of drug-likeness (QED) is 0.145. The monoisotopic (exact) mass is 450 g/mol. The Kier molecular flexibility index (Phi) is 22.7. The highest BCUT2D eigenvalue weighted by atomic mass is 19.4. The summed E-state index contributed by atoms with van der Waals surface area (Å²) in [5.41, 5.74) is 11.0. The molecule has 4 N–H and O–H groups in total. The molecular formula is C26H53F3N2. The first-order chi connectivity index (χ1) is 15.0. The van der Waals surface area contributed by atoms with Gasteiger partial charge in [0.05, 0.1) is 5.92 Å². The molecule has 0 amide bonds. The summed E-state index contributed by atoms with van der Waals surface area (Å²) in [6.45, 7) is 1.57. The van der Waals surface area contributed by atoms with Crippen molar-refractivity contribution >= 4 is 0 Å². The highest BCUT2D eigenvalue weighted by Crippen LogP contribution is 2.34. The van der Waals surface area contributed by atoms with E-state index in [9.17, 15) is 13.2 Å². The summed E-state index contributed by atoms with van der Waals surface area (Å²) in [6.07, 6.45) is 19.2. The van der Waals surface area contributed by atoms with E-state index in [0.717, 1.165) is 64.5 Å². The summed E-state index contributed by atoms with van der Waals surface area (Å²) >= 11 is 0. The fourth-order valence-electron chi connectivity index (χ4n) is 4.37. The molecule has 31 heavy (non-hydrogen) atoms. The Morgan fingerprint density at radius 1 is 0.387 bits per heavy atom. The lowest BCUT2D eigenvalue weighted by molar-refractivity contribution is -0.178.